The van der Waals surface area contributed by atoms with E-state index in [0.29, 0.717) is 16.9 Å². The van der Waals surface area contributed by atoms with Crippen LogP contribution in [0.5, 0.6) is 0 Å². The molecule has 0 saturated carbocycles. The van der Waals surface area contributed by atoms with Crippen LogP contribution in [0, 0.1) is 5.92 Å². The summed E-state index contributed by atoms with van der Waals surface area (Å²) in [6, 6.07) is 0. The van der Waals surface area contributed by atoms with Crippen LogP contribution in [0.15, 0.2) is 15.5 Å². The van der Waals surface area contributed by atoms with E-state index in [9.17, 15) is 4.79 Å². The van der Waals surface area contributed by atoms with Crippen molar-refractivity contribution in [3.05, 3.63) is 21.0 Å². The summed E-state index contributed by atoms with van der Waals surface area (Å²) in [5.41, 5.74) is 0.859. The predicted octanol–water partition coefficient (Wildman–Crippen LogP) is 1.85. The topological polar surface area (TPSA) is 50.2 Å². The van der Waals surface area contributed by atoms with Crippen molar-refractivity contribution >= 4 is 21.6 Å². The Bertz CT molecular complexity index is 496. The van der Waals surface area contributed by atoms with Gasteiger partial charge in [-0.05, 0) is 61.6 Å². The number of aryl methyl sites for hydroxylation is 1. The van der Waals surface area contributed by atoms with Crippen LogP contribution < -0.4 is 15.8 Å². The van der Waals surface area contributed by atoms with Gasteiger partial charge in [-0.25, -0.2) is 4.68 Å². The van der Waals surface area contributed by atoms with E-state index in [4.69, 9.17) is 0 Å². The highest BCUT2D eigenvalue weighted by molar-refractivity contribution is 9.10. The highest BCUT2D eigenvalue weighted by Gasteiger charge is 2.19. The van der Waals surface area contributed by atoms with E-state index in [1.54, 1.807) is 6.20 Å². The molecule has 1 aliphatic rings. The van der Waals surface area contributed by atoms with Gasteiger partial charge < -0.3 is 10.2 Å². The van der Waals surface area contributed by atoms with Gasteiger partial charge in [-0.3, -0.25) is 4.79 Å². The molecule has 6 heteroatoms. The number of halogens is 1. The molecule has 0 aliphatic carbocycles. The van der Waals surface area contributed by atoms with Crippen molar-refractivity contribution in [3.63, 3.8) is 0 Å². The minimum Gasteiger partial charge on any atom is -0.369 e. The van der Waals surface area contributed by atoms with E-state index < -0.39 is 0 Å². The maximum absolute atomic E-state index is 12.1. The number of aromatic nitrogens is 2. The number of piperidine rings is 1. The van der Waals surface area contributed by atoms with Crippen LogP contribution in [0.2, 0.25) is 0 Å². The summed E-state index contributed by atoms with van der Waals surface area (Å²) >= 11 is 3.45. The van der Waals surface area contributed by atoms with E-state index in [2.05, 4.69) is 38.2 Å². The minimum absolute atomic E-state index is 0.0507. The molecule has 0 aromatic carbocycles. The quantitative estimate of drug-likeness (QED) is 0.887. The maximum atomic E-state index is 12.1. The van der Waals surface area contributed by atoms with Gasteiger partial charge in [-0.1, -0.05) is 0 Å². The molecule has 1 N–H and O–H groups in total. The summed E-state index contributed by atoms with van der Waals surface area (Å²) in [5, 5.41) is 7.68. The third kappa shape index (κ3) is 3.41. The molecule has 2 rings (SSSR count). The van der Waals surface area contributed by atoms with Crippen molar-refractivity contribution in [1.29, 1.82) is 0 Å². The van der Waals surface area contributed by atoms with Gasteiger partial charge in [0.25, 0.3) is 5.56 Å². The Morgan fingerprint density at radius 1 is 1.55 bits per heavy atom. The summed E-state index contributed by atoms with van der Waals surface area (Å²) in [6.07, 6.45) is 4.29. The second-order valence-electron chi connectivity index (χ2n) is 5.22. The van der Waals surface area contributed by atoms with Gasteiger partial charge in [-0.2, -0.15) is 5.10 Å². The summed E-state index contributed by atoms with van der Waals surface area (Å²) in [6.45, 7) is 8.68. The van der Waals surface area contributed by atoms with E-state index in [0.717, 1.165) is 31.9 Å². The Morgan fingerprint density at radius 2 is 2.35 bits per heavy atom. The molecule has 2 heterocycles. The molecule has 5 nitrogen and oxygen atoms in total. The summed E-state index contributed by atoms with van der Waals surface area (Å²) in [7, 11) is 0. The van der Waals surface area contributed by atoms with Crippen LogP contribution in [0.4, 0.5) is 5.69 Å². The SMILES string of the molecule is CCN(CC1CCCNC1)c1cnn(CC)c(=O)c1Br. The van der Waals surface area contributed by atoms with Crippen LogP contribution in [0.3, 0.4) is 0 Å². The molecule has 0 amide bonds. The normalized spacial score (nSPS) is 19.1. The molecule has 112 valence electrons. The molecule has 0 radical (unpaired) electrons. The Labute approximate surface area is 128 Å². The van der Waals surface area contributed by atoms with Crippen LogP contribution in [0.25, 0.3) is 0 Å². The lowest BCUT2D eigenvalue weighted by molar-refractivity contribution is 0.377. The molecule has 0 bridgehead atoms. The third-order valence-electron chi connectivity index (χ3n) is 3.87. The molecule has 0 spiro atoms. The van der Waals surface area contributed by atoms with Gasteiger partial charge >= 0.3 is 0 Å². The van der Waals surface area contributed by atoms with Crippen LogP contribution in [-0.2, 0) is 6.54 Å². The molecule has 1 fully saturated rings. The summed E-state index contributed by atoms with van der Waals surface area (Å²) in [5.74, 6) is 0.643. The van der Waals surface area contributed by atoms with Crippen molar-refractivity contribution in [2.45, 2.75) is 33.2 Å². The number of nitrogens with zero attached hydrogens (tertiary/aromatic N) is 3. The highest BCUT2D eigenvalue weighted by atomic mass is 79.9. The maximum Gasteiger partial charge on any atom is 0.283 e. The highest BCUT2D eigenvalue weighted by Crippen LogP contribution is 2.23. The number of hydrogen-bond acceptors (Lipinski definition) is 4. The first kappa shape index (κ1) is 15.5. The average molecular weight is 343 g/mol. The molecule has 20 heavy (non-hydrogen) atoms. The van der Waals surface area contributed by atoms with Gasteiger partial charge in [0.15, 0.2) is 0 Å². The molecule has 1 saturated heterocycles. The lowest BCUT2D eigenvalue weighted by Gasteiger charge is -2.31. The van der Waals surface area contributed by atoms with Gasteiger partial charge in [0.05, 0.1) is 11.9 Å². The smallest absolute Gasteiger partial charge is 0.283 e. The predicted molar refractivity (Wildman–Crippen MR) is 85.4 cm³/mol. The molecular formula is C14H23BrN4O. The fourth-order valence-electron chi connectivity index (χ4n) is 2.69. The largest absolute Gasteiger partial charge is 0.369 e. The van der Waals surface area contributed by atoms with Crippen LogP contribution in [0.1, 0.15) is 26.7 Å². The number of anilines is 1. The monoisotopic (exact) mass is 342 g/mol. The minimum atomic E-state index is -0.0507. The first-order valence-corrected chi connectivity index (χ1v) is 8.17. The van der Waals surface area contributed by atoms with E-state index in [1.165, 1.54) is 17.5 Å². The van der Waals surface area contributed by atoms with Crippen molar-refractivity contribution < 1.29 is 0 Å². The average Bonchev–Trinajstić information content (AvgIpc) is 2.49. The van der Waals surface area contributed by atoms with Crippen LogP contribution in [-0.4, -0.2) is 36.0 Å². The molecular weight excluding hydrogens is 320 g/mol. The third-order valence-corrected chi connectivity index (χ3v) is 4.61. The number of hydrogen-bond donors (Lipinski definition) is 1. The van der Waals surface area contributed by atoms with E-state index in [-0.39, 0.29) is 5.56 Å². The van der Waals surface area contributed by atoms with Gasteiger partial charge in [0, 0.05) is 19.6 Å². The van der Waals surface area contributed by atoms with Crippen molar-refractivity contribution in [2.75, 3.05) is 31.1 Å². The molecule has 1 unspecified atom stereocenters. The van der Waals surface area contributed by atoms with Crippen LogP contribution >= 0.6 is 15.9 Å². The number of rotatable bonds is 5. The Kier molecular flexibility index (Phi) is 5.60. The van der Waals surface area contributed by atoms with E-state index >= 15 is 0 Å². The molecule has 1 atom stereocenters. The van der Waals surface area contributed by atoms with Gasteiger partial charge in [0.2, 0.25) is 0 Å². The zero-order valence-corrected chi connectivity index (χ0v) is 13.8. The Morgan fingerprint density at radius 3 is 2.95 bits per heavy atom. The lowest BCUT2D eigenvalue weighted by atomic mass is 9.99. The van der Waals surface area contributed by atoms with Crippen molar-refractivity contribution in [1.82, 2.24) is 15.1 Å². The Balaban J connectivity index is 2.18. The first-order chi connectivity index (χ1) is 9.67. The second kappa shape index (κ2) is 7.22. The lowest BCUT2D eigenvalue weighted by Crippen LogP contribution is -2.39. The molecule has 1 aromatic heterocycles. The van der Waals surface area contributed by atoms with Crippen molar-refractivity contribution in [3.8, 4) is 0 Å². The van der Waals surface area contributed by atoms with Crippen molar-refractivity contribution in [2.24, 2.45) is 5.92 Å². The first-order valence-electron chi connectivity index (χ1n) is 7.38. The molecule has 1 aliphatic heterocycles. The fraction of sp³-hybridized carbons (Fsp3) is 0.714. The Hall–Kier alpha value is -0.880. The zero-order valence-electron chi connectivity index (χ0n) is 12.2. The standard InChI is InChI=1S/C14H23BrN4O/c1-3-18(10-11-6-5-7-16-8-11)12-9-17-19(4-2)14(20)13(12)15/h9,11,16H,3-8,10H2,1-2H3. The zero-order chi connectivity index (χ0) is 14.5. The fourth-order valence-corrected chi connectivity index (χ4v) is 3.25. The summed E-state index contributed by atoms with van der Waals surface area (Å²) in [4.78, 5) is 14.4. The van der Waals surface area contributed by atoms with Gasteiger partial charge in [0.1, 0.15) is 4.47 Å². The second-order valence-corrected chi connectivity index (χ2v) is 6.01. The number of nitrogens with one attached hydrogen (secondary N) is 1. The van der Waals surface area contributed by atoms with E-state index in [1.807, 2.05) is 6.92 Å². The molecule has 1 aromatic rings. The van der Waals surface area contributed by atoms with Gasteiger partial charge in [-0.15, -0.1) is 0 Å². The summed E-state index contributed by atoms with van der Waals surface area (Å²) < 4.78 is 2.10.